The van der Waals surface area contributed by atoms with Crippen molar-refractivity contribution in [3.8, 4) is 17.3 Å². The van der Waals surface area contributed by atoms with Crippen molar-refractivity contribution in [1.29, 1.82) is 0 Å². The summed E-state index contributed by atoms with van der Waals surface area (Å²) in [6, 6.07) is 9.59. The van der Waals surface area contributed by atoms with Crippen LogP contribution in [0.4, 0.5) is 4.39 Å². The summed E-state index contributed by atoms with van der Waals surface area (Å²) in [5.74, 6) is 0.520. The van der Waals surface area contributed by atoms with E-state index >= 15 is 0 Å². The van der Waals surface area contributed by atoms with Gasteiger partial charge in [0.2, 0.25) is 0 Å². The SMILES string of the molecule is COc1cc(CNC(=O)c2cc(C3=NOC(c4ccc(-c5nc(C)no5)nc4)C3)nc(C)n2)ccc1F. The van der Waals surface area contributed by atoms with E-state index in [9.17, 15) is 9.18 Å². The van der Waals surface area contributed by atoms with Gasteiger partial charge in [-0.3, -0.25) is 9.78 Å². The number of halogens is 1. The Labute approximate surface area is 210 Å². The second kappa shape index (κ2) is 10.1. The van der Waals surface area contributed by atoms with Gasteiger partial charge >= 0.3 is 0 Å². The maximum atomic E-state index is 13.6. The minimum absolute atomic E-state index is 0.107. The minimum Gasteiger partial charge on any atom is -0.494 e. The maximum absolute atomic E-state index is 13.6. The summed E-state index contributed by atoms with van der Waals surface area (Å²) < 4.78 is 23.8. The average molecular weight is 503 g/mol. The molecule has 1 amide bonds. The molecule has 0 aliphatic carbocycles. The first-order chi connectivity index (χ1) is 17.9. The van der Waals surface area contributed by atoms with Crippen LogP contribution in [0.1, 0.15) is 51.5 Å². The van der Waals surface area contributed by atoms with Gasteiger partial charge in [0.1, 0.15) is 22.9 Å². The first-order valence-electron chi connectivity index (χ1n) is 11.4. The van der Waals surface area contributed by atoms with Gasteiger partial charge in [0.15, 0.2) is 23.5 Å². The van der Waals surface area contributed by atoms with Crippen molar-refractivity contribution in [3.63, 3.8) is 0 Å². The summed E-state index contributed by atoms with van der Waals surface area (Å²) in [6.45, 7) is 3.60. The van der Waals surface area contributed by atoms with E-state index in [2.05, 4.69) is 35.6 Å². The highest BCUT2D eigenvalue weighted by Crippen LogP contribution is 2.30. The van der Waals surface area contributed by atoms with E-state index in [-0.39, 0.29) is 24.1 Å². The molecule has 0 radical (unpaired) electrons. The predicted molar refractivity (Wildman–Crippen MR) is 128 cm³/mol. The molecule has 37 heavy (non-hydrogen) atoms. The molecule has 1 aromatic carbocycles. The molecule has 0 bridgehead atoms. The molecule has 12 heteroatoms. The molecule has 0 fully saturated rings. The molecule has 5 rings (SSSR count). The molecule has 1 aliphatic heterocycles. The van der Waals surface area contributed by atoms with Gasteiger partial charge in [-0.15, -0.1) is 0 Å². The summed E-state index contributed by atoms with van der Waals surface area (Å²) in [5.41, 5.74) is 3.33. The molecule has 0 saturated carbocycles. The summed E-state index contributed by atoms with van der Waals surface area (Å²) in [4.78, 5) is 35.6. The van der Waals surface area contributed by atoms with Crippen molar-refractivity contribution in [3.05, 3.63) is 82.6 Å². The number of aromatic nitrogens is 5. The fourth-order valence-electron chi connectivity index (χ4n) is 3.75. The number of pyridine rings is 1. The third-order valence-corrected chi connectivity index (χ3v) is 5.61. The molecule has 0 saturated heterocycles. The van der Waals surface area contributed by atoms with Crippen LogP contribution in [0.3, 0.4) is 0 Å². The number of hydrogen-bond acceptors (Lipinski definition) is 10. The lowest BCUT2D eigenvalue weighted by molar-refractivity contribution is 0.0855. The van der Waals surface area contributed by atoms with Crippen molar-refractivity contribution in [1.82, 2.24) is 30.4 Å². The second-order valence-electron chi connectivity index (χ2n) is 8.30. The number of nitrogens with one attached hydrogen (secondary N) is 1. The highest BCUT2D eigenvalue weighted by atomic mass is 19.1. The Morgan fingerprint density at radius 2 is 1.97 bits per heavy atom. The first kappa shape index (κ1) is 24.0. The third kappa shape index (κ3) is 5.27. The Kier molecular flexibility index (Phi) is 6.54. The average Bonchev–Trinajstić information content (AvgIpc) is 3.57. The highest BCUT2D eigenvalue weighted by molar-refractivity contribution is 6.02. The van der Waals surface area contributed by atoms with E-state index < -0.39 is 11.7 Å². The van der Waals surface area contributed by atoms with Gasteiger partial charge in [-0.05, 0) is 43.7 Å². The number of ether oxygens (including phenoxy) is 1. The highest BCUT2D eigenvalue weighted by Gasteiger charge is 2.26. The van der Waals surface area contributed by atoms with E-state index in [0.29, 0.717) is 46.6 Å². The molecule has 4 aromatic rings. The molecule has 0 spiro atoms. The fourth-order valence-corrected chi connectivity index (χ4v) is 3.75. The standard InChI is InChI=1S/C25H22FN7O4/c1-13-29-19(9-21(30-13)24(34)28-11-15-4-6-17(26)23(8-15)35-3)20-10-22(36-33-20)16-5-7-18(27-12-16)25-31-14(2)32-37-25/h4-9,12,22H,10-11H2,1-3H3,(H,28,34). The molecular weight excluding hydrogens is 481 g/mol. The summed E-state index contributed by atoms with van der Waals surface area (Å²) >= 11 is 0. The molecule has 1 aliphatic rings. The van der Waals surface area contributed by atoms with E-state index in [1.54, 1.807) is 38.2 Å². The van der Waals surface area contributed by atoms with Gasteiger partial charge in [-0.2, -0.15) is 4.98 Å². The lowest BCUT2D eigenvalue weighted by Gasteiger charge is -2.09. The number of nitrogens with zero attached hydrogens (tertiary/aromatic N) is 6. The Bertz CT molecular complexity index is 1490. The monoisotopic (exact) mass is 503 g/mol. The van der Waals surface area contributed by atoms with Crippen LogP contribution in [-0.2, 0) is 11.4 Å². The molecular formula is C25H22FN7O4. The number of rotatable bonds is 7. The molecule has 1 unspecified atom stereocenters. The van der Waals surface area contributed by atoms with E-state index in [4.69, 9.17) is 14.1 Å². The topological polar surface area (TPSA) is 138 Å². The van der Waals surface area contributed by atoms with Gasteiger partial charge < -0.3 is 19.4 Å². The quantitative estimate of drug-likeness (QED) is 0.402. The number of amides is 1. The lowest BCUT2D eigenvalue weighted by Crippen LogP contribution is -2.25. The van der Waals surface area contributed by atoms with Crippen LogP contribution in [0.5, 0.6) is 5.75 Å². The number of methoxy groups -OCH3 is 1. The van der Waals surface area contributed by atoms with Crippen molar-refractivity contribution >= 4 is 11.6 Å². The third-order valence-electron chi connectivity index (χ3n) is 5.61. The van der Waals surface area contributed by atoms with Gasteiger partial charge in [-0.25, -0.2) is 14.4 Å². The van der Waals surface area contributed by atoms with Crippen LogP contribution in [0.15, 0.2) is 52.3 Å². The number of hydrogen-bond donors (Lipinski definition) is 1. The van der Waals surface area contributed by atoms with Crippen molar-refractivity contribution in [2.45, 2.75) is 32.9 Å². The van der Waals surface area contributed by atoms with Crippen LogP contribution >= 0.6 is 0 Å². The van der Waals surface area contributed by atoms with Gasteiger partial charge in [-0.1, -0.05) is 22.4 Å². The molecule has 11 nitrogen and oxygen atoms in total. The van der Waals surface area contributed by atoms with Crippen LogP contribution in [0.25, 0.3) is 11.6 Å². The van der Waals surface area contributed by atoms with Crippen LogP contribution in [0.2, 0.25) is 0 Å². The Balaban J connectivity index is 1.25. The van der Waals surface area contributed by atoms with E-state index in [1.165, 1.54) is 19.2 Å². The van der Waals surface area contributed by atoms with Gasteiger partial charge in [0.25, 0.3) is 11.8 Å². The second-order valence-corrected chi connectivity index (χ2v) is 8.30. The molecule has 1 N–H and O–H groups in total. The number of aryl methyl sites for hydroxylation is 2. The van der Waals surface area contributed by atoms with Crippen LogP contribution in [0, 0.1) is 19.7 Å². The van der Waals surface area contributed by atoms with Crippen molar-refractivity contribution in [2.24, 2.45) is 5.16 Å². The normalized spacial score (nSPS) is 14.7. The zero-order valence-electron chi connectivity index (χ0n) is 20.2. The van der Waals surface area contributed by atoms with Crippen LogP contribution < -0.4 is 10.1 Å². The smallest absolute Gasteiger partial charge is 0.276 e. The number of benzene rings is 1. The Morgan fingerprint density at radius 3 is 2.70 bits per heavy atom. The first-order valence-corrected chi connectivity index (χ1v) is 11.4. The zero-order chi connectivity index (χ0) is 25.9. The van der Waals surface area contributed by atoms with Gasteiger partial charge in [0.05, 0.1) is 12.8 Å². The van der Waals surface area contributed by atoms with Crippen LogP contribution in [-0.4, -0.2) is 43.8 Å². The van der Waals surface area contributed by atoms with Crippen molar-refractivity contribution in [2.75, 3.05) is 7.11 Å². The molecule has 1 atom stereocenters. The summed E-state index contributed by atoms with van der Waals surface area (Å²) in [7, 11) is 1.38. The Hall–Kier alpha value is -4.74. The fraction of sp³-hybridized carbons (Fsp3) is 0.240. The van der Waals surface area contributed by atoms with E-state index in [0.717, 1.165) is 5.56 Å². The maximum Gasteiger partial charge on any atom is 0.276 e. The number of oxime groups is 1. The molecule has 4 heterocycles. The minimum atomic E-state index is -0.472. The summed E-state index contributed by atoms with van der Waals surface area (Å²) in [6.07, 6.45) is 1.75. The molecule has 3 aromatic heterocycles. The van der Waals surface area contributed by atoms with Gasteiger partial charge in [0, 0.05) is 24.7 Å². The molecule has 188 valence electrons. The predicted octanol–water partition coefficient (Wildman–Crippen LogP) is 3.48. The lowest BCUT2D eigenvalue weighted by atomic mass is 10.0. The largest absolute Gasteiger partial charge is 0.494 e. The Morgan fingerprint density at radius 1 is 1.11 bits per heavy atom. The number of carbonyl (C=O) groups is 1. The summed E-state index contributed by atoms with van der Waals surface area (Å²) in [5, 5.41) is 10.7. The zero-order valence-corrected chi connectivity index (χ0v) is 20.2. The van der Waals surface area contributed by atoms with E-state index in [1.807, 2.05) is 6.07 Å². The number of carbonyl (C=O) groups excluding carboxylic acids is 1. The van der Waals surface area contributed by atoms with Crippen molar-refractivity contribution < 1.29 is 23.3 Å².